The molecule has 0 aliphatic heterocycles. The maximum Gasteiger partial charge on any atom is 0.249 e. The summed E-state index contributed by atoms with van der Waals surface area (Å²) in [5, 5.41) is 4.07. The molecule has 0 aliphatic carbocycles. The van der Waals surface area contributed by atoms with Gasteiger partial charge in [-0.1, -0.05) is 42.5 Å². The molecule has 2 heterocycles. The van der Waals surface area contributed by atoms with Gasteiger partial charge in [-0.15, -0.1) is 22.7 Å². The van der Waals surface area contributed by atoms with Crippen LogP contribution in [0, 0.1) is 0 Å². The van der Waals surface area contributed by atoms with Crippen LogP contribution in [0.25, 0.3) is 0 Å². The maximum absolute atomic E-state index is 12.6. The number of carbonyl (C=O) groups excluding carboxylic acids is 1. The summed E-state index contributed by atoms with van der Waals surface area (Å²) in [4.78, 5) is 16.8. The molecule has 0 fully saturated rings. The second-order valence-electron chi connectivity index (χ2n) is 5.39. The van der Waals surface area contributed by atoms with Crippen molar-refractivity contribution in [2.75, 3.05) is 6.61 Å². The molecule has 0 bridgehead atoms. The lowest BCUT2D eigenvalue weighted by Crippen LogP contribution is -2.32. The van der Waals surface area contributed by atoms with Crippen molar-refractivity contribution in [2.45, 2.75) is 19.7 Å². The third-order valence-corrected chi connectivity index (χ3v) is 5.27. The first-order valence-electron chi connectivity index (χ1n) is 7.75. The van der Waals surface area contributed by atoms with E-state index in [0.717, 1.165) is 5.56 Å². The number of benzene rings is 1. The van der Waals surface area contributed by atoms with E-state index in [4.69, 9.17) is 4.74 Å². The van der Waals surface area contributed by atoms with Gasteiger partial charge in [0.05, 0.1) is 19.7 Å². The van der Waals surface area contributed by atoms with Gasteiger partial charge in [0.25, 0.3) is 0 Å². The molecule has 0 N–H and O–H groups in total. The summed E-state index contributed by atoms with van der Waals surface area (Å²) >= 11 is 3.34. The minimum Gasteiger partial charge on any atom is -0.367 e. The first-order valence-corrected chi connectivity index (χ1v) is 9.51. The van der Waals surface area contributed by atoms with Crippen LogP contribution < -0.4 is 0 Å². The zero-order valence-electron chi connectivity index (χ0n) is 13.3. The molecule has 0 spiro atoms. The van der Waals surface area contributed by atoms with E-state index in [-0.39, 0.29) is 12.5 Å². The van der Waals surface area contributed by atoms with Crippen LogP contribution >= 0.6 is 22.7 Å². The lowest BCUT2D eigenvalue weighted by molar-refractivity contribution is -0.137. The Hall–Kier alpha value is -1.95. The SMILES string of the molecule is O=C(COCc1ccccc1)N(Cc1cccs1)Cc1cccs1. The molecule has 24 heavy (non-hydrogen) atoms. The number of amides is 1. The van der Waals surface area contributed by atoms with E-state index >= 15 is 0 Å². The van der Waals surface area contributed by atoms with Crippen molar-refractivity contribution >= 4 is 28.6 Å². The molecule has 3 aromatic rings. The van der Waals surface area contributed by atoms with Crippen LogP contribution in [0.1, 0.15) is 15.3 Å². The molecular weight excluding hydrogens is 338 g/mol. The van der Waals surface area contributed by atoms with Crippen molar-refractivity contribution < 1.29 is 9.53 Å². The molecule has 0 saturated carbocycles. The third kappa shape index (κ3) is 5.03. The lowest BCUT2D eigenvalue weighted by Gasteiger charge is -2.21. The topological polar surface area (TPSA) is 29.5 Å². The van der Waals surface area contributed by atoms with Gasteiger partial charge in [-0.2, -0.15) is 0 Å². The molecule has 0 saturated heterocycles. The Morgan fingerprint density at radius 2 is 1.50 bits per heavy atom. The first kappa shape index (κ1) is 16.9. The summed E-state index contributed by atoms with van der Waals surface area (Å²) in [5.41, 5.74) is 1.08. The van der Waals surface area contributed by atoms with Crippen molar-refractivity contribution in [1.82, 2.24) is 4.90 Å². The molecule has 0 atom stereocenters. The normalized spacial score (nSPS) is 10.7. The van der Waals surface area contributed by atoms with Crippen LogP contribution in [0.2, 0.25) is 0 Å². The molecule has 5 heteroatoms. The van der Waals surface area contributed by atoms with Crippen molar-refractivity contribution in [3.63, 3.8) is 0 Å². The summed E-state index contributed by atoms with van der Waals surface area (Å²) in [7, 11) is 0. The average Bonchev–Trinajstić information content (AvgIpc) is 3.29. The molecule has 3 rings (SSSR count). The molecule has 1 amide bonds. The van der Waals surface area contributed by atoms with Crippen molar-refractivity contribution in [1.29, 1.82) is 0 Å². The number of nitrogens with zero attached hydrogens (tertiary/aromatic N) is 1. The van der Waals surface area contributed by atoms with Gasteiger partial charge in [0.2, 0.25) is 5.91 Å². The van der Waals surface area contributed by atoms with Crippen molar-refractivity contribution in [3.05, 3.63) is 80.7 Å². The van der Waals surface area contributed by atoms with E-state index in [1.165, 1.54) is 9.75 Å². The highest BCUT2D eigenvalue weighted by molar-refractivity contribution is 7.10. The fraction of sp³-hybridized carbons (Fsp3) is 0.211. The van der Waals surface area contributed by atoms with Gasteiger partial charge < -0.3 is 9.64 Å². The molecule has 2 aromatic heterocycles. The molecule has 3 nitrogen and oxygen atoms in total. The van der Waals surface area contributed by atoms with E-state index in [2.05, 4.69) is 12.1 Å². The second kappa shape index (κ2) is 8.78. The van der Waals surface area contributed by atoms with E-state index in [0.29, 0.717) is 19.7 Å². The smallest absolute Gasteiger partial charge is 0.249 e. The standard InChI is InChI=1S/C19H19NO2S2/c21-19(15-22-14-16-6-2-1-3-7-16)20(12-17-8-4-10-23-17)13-18-9-5-11-24-18/h1-11H,12-15H2. The van der Waals surface area contributed by atoms with Crippen molar-refractivity contribution in [3.8, 4) is 0 Å². The summed E-state index contributed by atoms with van der Waals surface area (Å²) < 4.78 is 5.62. The van der Waals surface area contributed by atoms with Gasteiger partial charge in [0, 0.05) is 9.75 Å². The average molecular weight is 358 g/mol. The predicted molar refractivity (Wildman–Crippen MR) is 99.0 cm³/mol. The molecule has 1 aromatic carbocycles. The molecular formula is C19H19NO2S2. The predicted octanol–water partition coefficient (Wildman–Crippen LogP) is 4.56. The zero-order valence-corrected chi connectivity index (χ0v) is 14.9. The van der Waals surface area contributed by atoms with Crippen LogP contribution in [0.4, 0.5) is 0 Å². The highest BCUT2D eigenvalue weighted by Gasteiger charge is 2.16. The summed E-state index contributed by atoms with van der Waals surface area (Å²) in [6.07, 6.45) is 0. The Labute approximate surface area is 150 Å². The minimum absolute atomic E-state index is 0.0210. The van der Waals surface area contributed by atoms with Crippen LogP contribution in [0.15, 0.2) is 65.4 Å². The quantitative estimate of drug-likeness (QED) is 0.592. The van der Waals surface area contributed by atoms with Gasteiger partial charge in [0.1, 0.15) is 6.61 Å². The minimum atomic E-state index is 0.0210. The summed E-state index contributed by atoms with van der Waals surface area (Å²) in [6, 6.07) is 18.1. The fourth-order valence-corrected chi connectivity index (χ4v) is 3.77. The third-order valence-electron chi connectivity index (χ3n) is 3.54. The zero-order chi connectivity index (χ0) is 16.6. The molecule has 124 valence electrons. The number of carbonyl (C=O) groups is 1. The Morgan fingerprint density at radius 1 is 0.875 bits per heavy atom. The van der Waals surface area contributed by atoms with E-state index in [1.807, 2.05) is 58.1 Å². The van der Waals surface area contributed by atoms with Crippen LogP contribution in [-0.2, 0) is 29.2 Å². The number of hydrogen-bond donors (Lipinski definition) is 0. The monoisotopic (exact) mass is 357 g/mol. The van der Waals surface area contributed by atoms with E-state index < -0.39 is 0 Å². The van der Waals surface area contributed by atoms with E-state index in [9.17, 15) is 4.79 Å². The van der Waals surface area contributed by atoms with Gasteiger partial charge >= 0.3 is 0 Å². The lowest BCUT2D eigenvalue weighted by atomic mass is 10.2. The Balaban J connectivity index is 1.57. The Kier molecular flexibility index (Phi) is 6.18. The molecule has 0 radical (unpaired) electrons. The Bertz CT molecular complexity index is 688. The maximum atomic E-state index is 12.6. The van der Waals surface area contributed by atoms with Gasteiger partial charge in [-0.3, -0.25) is 4.79 Å². The molecule has 0 unspecified atom stereocenters. The summed E-state index contributed by atoms with van der Waals surface area (Å²) in [6.45, 7) is 1.82. The number of ether oxygens (including phenoxy) is 1. The van der Waals surface area contributed by atoms with Crippen LogP contribution in [0.3, 0.4) is 0 Å². The largest absolute Gasteiger partial charge is 0.367 e. The Morgan fingerprint density at radius 3 is 2.04 bits per heavy atom. The first-order chi connectivity index (χ1) is 11.8. The second-order valence-corrected chi connectivity index (χ2v) is 7.45. The van der Waals surface area contributed by atoms with Crippen LogP contribution in [0.5, 0.6) is 0 Å². The highest BCUT2D eigenvalue weighted by atomic mass is 32.1. The van der Waals surface area contributed by atoms with Crippen LogP contribution in [-0.4, -0.2) is 17.4 Å². The number of thiophene rings is 2. The van der Waals surface area contributed by atoms with Crippen molar-refractivity contribution in [2.24, 2.45) is 0 Å². The van der Waals surface area contributed by atoms with Gasteiger partial charge in [-0.25, -0.2) is 0 Å². The number of hydrogen-bond acceptors (Lipinski definition) is 4. The summed E-state index contributed by atoms with van der Waals surface area (Å²) in [5.74, 6) is 0.0210. The van der Waals surface area contributed by atoms with Gasteiger partial charge in [-0.05, 0) is 28.5 Å². The highest BCUT2D eigenvalue weighted by Crippen LogP contribution is 2.17. The number of rotatable bonds is 8. The van der Waals surface area contributed by atoms with Gasteiger partial charge in [0.15, 0.2) is 0 Å². The van der Waals surface area contributed by atoms with E-state index in [1.54, 1.807) is 22.7 Å². The molecule has 0 aliphatic rings. The fourth-order valence-electron chi connectivity index (χ4n) is 2.34.